The fourth-order valence-electron chi connectivity index (χ4n) is 3.54. The van der Waals surface area contributed by atoms with E-state index in [0.29, 0.717) is 5.92 Å². The maximum absolute atomic E-state index is 12.8. The highest BCUT2D eigenvalue weighted by atomic mass is 16.3. The van der Waals surface area contributed by atoms with Crippen molar-refractivity contribution in [3.63, 3.8) is 0 Å². The number of aliphatic hydroxyl groups is 1. The Labute approximate surface area is 147 Å². The molecule has 1 aliphatic rings. The number of rotatable bonds is 4. The molecule has 0 aliphatic carbocycles. The summed E-state index contributed by atoms with van der Waals surface area (Å²) < 4.78 is 0. The van der Waals surface area contributed by atoms with E-state index in [1.54, 1.807) is 4.90 Å². The zero-order chi connectivity index (χ0) is 17.6. The largest absolute Gasteiger partial charge is 0.387 e. The highest BCUT2D eigenvalue weighted by Crippen LogP contribution is 2.38. The van der Waals surface area contributed by atoms with Gasteiger partial charge in [0.1, 0.15) is 0 Å². The Hall–Kier alpha value is -2.65. The van der Waals surface area contributed by atoms with Crippen LogP contribution in [-0.4, -0.2) is 17.6 Å². The van der Waals surface area contributed by atoms with Gasteiger partial charge in [-0.15, -0.1) is 0 Å². The standard InChI is InChI=1S/C22H21NO2/c1-14(2)15-9-11-16(12-10-15)20(24)13-23-19-8-4-6-17-5-3-7-18(21(17)19)22(23)25/h3-12,14,20,24H,13H2,1-2H3/t20-/m1/s1. The summed E-state index contributed by atoms with van der Waals surface area (Å²) in [5, 5.41) is 12.7. The van der Waals surface area contributed by atoms with Crippen molar-refractivity contribution in [1.29, 1.82) is 0 Å². The number of amides is 1. The molecule has 3 heteroatoms. The smallest absolute Gasteiger partial charge is 0.259 e. The maximum atomic E-state index is 12.8. The first-order valence-corrected chi connectivity index (χ1v) is 8.68. The van der Waals surface area contributed by atoms with Crippen LogP contribution in [0.5, 0.6) is 0 Å². The first-order valence-electron chi connectivity index (χ1n) is 8.68. The molecule has 1 heterocycles. The predicted octanol–water partition coefficient (Wildman–Crippen LogP) is 4.66. The first-order chi connectivity index (χ1) is 12.1. The third-order valence-electron chi connectivity index (χ3n) is 4.99. The molecular formula is C22H21NO2. The molecule has 0 fully saturated rings. The van der Waals surface area contributed by atoms with Crippen molar-refractivity contribution in [1.82, 2.24) is 0 Å². The van der Waals surface area contributed by atoms with E-state index < -0.39 is 6.10 Å². The number of nitrogens with zero attached hydrogens (tertiary/aromatic N) is 1. The molecule has 25 heavy (non-hydrogen) atoms. The zero-order valence-electron chi connectivity index (χ0n) is 14.4. The summed E-state index contributed by atoms with van der Waals surface area (Å²) in [5.41, 5.74) is 3.68. The van der Waals surface area contributed by atoms with Gasteiger partial charge in [0.25, 0.3) is 5.91 Å². The van der Waals surface area contributed by atoms with Crippen LogP contribution in [0.25, 0.3) is 10.8 Å². The minimum atomic E-state index is -0.713. The Morgan fingerprint density at radius 3 is 2.24 bits per heavy atom. The number of β-amino-alcohol motifs (C(OH)–C–C–N with tert-alkyl or cyclic N) is 1. The van der Waals surface area contributed by atoms with Gasteiger partial charge in [-0.1, -0.05) is 62.4 Å². The molecule has 0 unspecified atom stereocenters. The average molecular weight is 331 g/mol. The van der Waals surface area contributed by atoms with Crippen LogP contribution in [0.4, 0.5) is 5.69 Å². The molecule has 1 atom stereocenters. The van der Waals surface area contributed by atoms with E-state index >= 15 is 0 Å². The van der Waals surface area contributed by atoms with Crippen molar-refractivity contribution in [2.75, 3.05) is 11.4 Å². The normalized spacial score (nSPS) is 14.6. The van der Waals surface area contributed by atoms with Gasteiger partial charge in [-0.3, -0.25) is 4.79 Å². The Kier molecular flexibility index (Phi) is 3.81. The summed E-state index contributed by atoms with van der Waals surface area (Å²) in [4.78, 5) is 14.5. The second-order valence-corrected chi connectivity index (χ2v) is 6.93. The SMILES string of the molecule is CC(C)c1ccc([C@H](O)CN2C(=O)c3cccc4cccc2c34)cc1. The summed E-state index contributed by atoms with van der Waals surface area (Å²) in [6.45, 7) is 4.55. The number of carbonyl (C=O) groups is 1. The van der Waals surface area contributed by atoms with E-state index in [1.807, 2.05) is 60.7 Å². The molecule has 1 N–H and O–H groups in total. The minimum Gasteiger partial charge on any atom is -0.387 e. The lowest BCUT2D eigenvalue weighted by Gasteiger charge is -2.22. The molecule has 0 aromatic heterocycles. The van der Waals surface area contributed by atoms with Crippen LogP contribution in [-0.2, 0) is 0 Å². The van der Waals surface area contributed by atoms with E-state index in [-0.39, 0.29) is 12.5 Å². The molecule has 1 aliphatic heterocycles. The Balaban J connectivity index is 1.63. The second-order valence-electron chi connectivity index (χ2n) is 6.93. The van der Waals surface area contributed by atoms with E-state index in [9.17, 15) is 9.90 Å². The second kappa shape index (κ2) is 6.01. The number of anilines is 1. The summed E-state index contributed by atoms with van der Waals surface area (Å²) in [7, 11) is 0. The molecule has 126 valence electrons. The number of benzene rings is 3. The summed E-state index contributed by atoms with van der Waals surface area (Å²) in [6.07, 6.45) is -0.713. The van der Waals surface area contributed by atoms with Gasteiger partial charge >= 0.3 is 0 Å². The minimum absolute atomic E-state index is 0.0374. The Morgan fingerprint density at radius 1 is 0.920 bits per heavy atom. The first kappa shape index (κ1) is 15.9. The Morgan fingerprint density at radius 2 is 1.56 bits per heavy atom. The molecule has 4 rings (SSSR count). The third-order valence-corrected chi connectivity index (χ3v) is 4.99. The maximum Gasteiger partial charge on any atom is 0.259 e. The topological polar surface area (TPSA) is 40.5 Å². The van der Waals surface area contributed by atoms with Crippen LogP contribution in [0.15, 0.2) is 60.7 Å². The average Bonchev–Trinajstić information content (AvgIpc) is 2.90. The van der Waals surface area contributed by atoms with Gasteiger partial charge in [0.2, 0.25) is 0 Å². The predicted molar refractivity (Wildman–Crippen MR) is 101 cm³/mol. The van der Waals surface area contributed by atoms with Crippen LogP contribution in [0.2, 0.25) is 0 Å². The van der Waals surface area contributed by atoms with Crippen LogP contribution >= 0.6 is 0 Å². The molecule has 1 amide bonds. The molecular weight excluding hydrogens is 310 g/mol. The molecule has 3 nitrogen and oxygen atoms in total. The fourth-order valence-corrected chi connectivity index (χ4v) is 3.54. The van der Waals surface area contributed by atoms with Crippen molar-refractivity contribution >= 4 is 22.4 Å². The van der Waals surface area contributed by atoms with E-state index in [4.69, 9.17) is 0 Å². The lowest BCUT2D eigenvalue weighted by Crippen LogP contribution is -2.31. The molecule has 0 bridgehead atoms. The van der Waals surface area contributed by atoms with Crippen LogP contribution in [0, 0.1) is 0 Å². The lowest BCUT2D eigenvalue weighted by molar-refractivity contribution is 0.0969. The van der Waals surface area contributed by atoms with E-state index in [2.05, 4.69) is 13.8 Å². The monoisotopic (exact) mass is 331 g/mol. The molecule has 0 radical (unpaired) electrons. The number of hydrogen-bond donors (Lipinski definition) is 1. The van der Waals surface area contributed by atoms with Crippen molar-refractivity contribution in [2.24, 2.45) is 0 Å². The zero-order valence-corrected chi connectivity index (χ0v) is 14.4. The van der Waals surface area contributed by atoms with Gasteiger partial charge in [0.15, 0.2) is 0 Å². The Bertz CT molecular complexity index is 939. The van der Waals surface area contributed by atoms with E-state index in [0.717, 1.165) is 27.6 Å². The van der Waals surface area contributed by atoms with Gasteiger partial charge in [-0.25, -0.2) is 0 Å². The summed E-state index contributed by atoms with van der Waals surface area (Å²) >= 11 is 0. The summed E-state index contributed by atoms with van der Waals surface area (Å²) in [5.74, 6) is 0.420. The fraction of sp³-hybridized carbons (Fsp3) is 0.227. The van der Waals surface area contributed by atoms with Crippen LogP contribution in [0.1, 0.15) is 47.4 Å². The highest BCUT2D eigenvalue weighted by molar-refractivity contribution is 6.25. The van der Waals surface area contributed by atoms with Gasteiger partial charge in [-0.2, -0.15) is 0 Å². The van der Waals surface area contributed by atoms with Crippen LogP contribution < -0.4 is 4.90 Å². The number of aliphatic hydroxyl groups excluding tert-OH is 1. The molecule has 3 aromatic carbocycles. The van der Waals surface area contributed by atoms with E-state index in [1.165, 1.54) is 5.56 Å². The van der Waals surface area contributed by atoms with Crippen molar-refractivity contribution in [3.8, 4) is 0 Å². The van der Waals surface area contributed by atoms with Crippen LogP contribution in [0.3, 0.4) is 0 Å². The third kappa shape index (κ3) is 2.61. The highest BCUT2D eigenvalue weighted by Gasteiger charge is 2.31. The number of hydrogen-bond acceptors (Lipinski definition) is 2. The molecule has 0 saturated carbocycles. The van der Waals surface area contributed by atoms with Gasteiger partial charge in [0, 0.05) is 10.9 Å². The summed E-state index contributed by atoms with van der Waals surface area (Å²) in [6, 6.07) is 19.7. The van der Waals surface area contributed by atoms with Crippen molar-refractivity contribution < 1.29 is 9.90 Å². The molecule has 0 spiro atoms. The number of carbonyl (C=O) groups excluding carboxylic acids is 1. The van der Waals surface area contributed by atoms with Crippen molar-refractivity contribution in [2.45, 2.75) is 25.9 Å². The van der Waals surface area contributed by atoms with Gasteiger partial charge < -0.3 is 10.0 Å². The lowest BCUT2D eigenvalue weighted by atomic mass is 10.00. The van der Waals surface area contributed by atoms with Crippen molar-refractivity contribution in [3.05, 3.63) is 77.4 Å². The quantitative estimate of drug-likeness (QED) is 0.755. The van der Waals surface area contributed by atoms with Gasteiger partial charge in [-0.05, 0) is 34.6 Å². The van der Waals surface area contributed by atoms with Gasteiger partial charge in [0.05, 0.1) is 18.3 Å². The molecule has 0 saturated heterocycles. The molecule has 3 aromatic rings.